The van der Waals surface area contributed by atoms with Gasteiger partial charge in [-0.05, 0) is 0 Å². The van der Waals surface area contributed by atoms with Crippen LogP contribution in [0.3, 0.4) is 0 Å². The molecule has 6 heteroatoms. The summed E-state index contributed by atoms with van der Waals surface area (Å²) in [4.78, 5) is 19.1. The van der Waals surface area contributed by atoms with E-state index in [-0.39, 0.29) is 25.8 Å². The molecular weight excluding hydrogens is 277 g/mol. The Labute approximate surface area is 64.9 Å². The van der Waals surface area contributed by atoms with Crippen molar-refractivity contribution in [3.05, 3.63) is 4.91 Å². The number of urea groups is 1. The predicted molar refractivity (Wildman–Crippen MR) is 23.1 cm³/mol. The van der Waals surface area contributed by atoms with E-state index in [0.29, 0.717) is 5.01 Å². The molecule has 8 heavy (non-hydrogen) atoms. The number of carbonyl (C=O) groups excluding carboxylic acids is 1. The molecule has 0 spiro atoms. The van der Waals surface area contributed by atoms with Crippen LogP contribution in [-0.4, -0.2) is 18.1 Å². The fourth-order valence-corrected chi connectivity index (χ4v) is 0.0402. The second kappa shape index (κ2) is 4.89. The minimum atomic E-state index is -0.852. The van der Waals surface area contributed by atoms with E-state index in [0.717, 1.165) is 0 Å². The zero-order valence-electron chi connectivity index (χ0n) is 4.29. The van der Waals surface area contributed by atoms with Crippen molar-refractivity contribution in [3.8, 4) is 0 Å². The largest absolute Gasteiger partial charge is 0.350 e. The smallest absolute Gasteiger partial charge is 0.337 e. The molecule has 5 nitrogen and oxygen atoms in total. The van der Waals surface area contributed by atoms with Crippen molar-refractivity contribution in [3.63, 3.8) is 0 Å². The summed E-state index contributed by atoms with van der Waals surface area (Å²) in [6.07, 6.45) is 0. The van der Waals surface area contributed by atoms with E-state index in [4.69, 9.17) is 0 Å². The molecule has 0 rings (SSSR count). The monoisotopic (exact) mass is 283 g/mol. The molecule has 0 aliphatic carbocycles. The van der Waals surface area contributed by atoms with Crippen molar-refractivity contribution in [2.75, 3.05) is 7.05 Å². The molecule has 0 bridgehead atoms. The van der Waals surface area contributed by atoms with Crippen molar-refractivity contribution in [1.82, 2.24) is 5.01 Å². The first kappa shape index (κ1) is 10.7. The van der Waals surface area contributed by atoms with E-state index >= 15 is 0 Å². The van der Waals surface area contributed by atoms with Crippen molar-refractivity contribution in [1.29, 1.82) is 0 Å². The molecule has 0 saturated carbocycles. The first-order valence-electron chi connectivity index (χ1n) is 1.55. The number of hydrogen-bond donors (Lipinski definition) is 1. The van der Waals surface area contributed by atoms with Crippen LogP contribution < -0.4 is 5.73 Å². The molecular formula is C2H5HfN3O2. The van der Waals surface area contributed by atoms with Crippen LogP contribution in [0.2, 0.25) is 0 Å². The Morgan fingerprint density at radius 3 is 2.12 bits per heavy atom. The quantitative estimate of drug-likeness (QED) is 0.406. The first-order chi connectivity index (χ1) is 3.18. The standard InChI is InChI=1S/C2H5N3O2.Hf/c1-5(4-7)2(3)6;/h1H3,(H2,3,6);. The van der Waals surface area contributed by atoms with E-state index in [1.165, 1.54) is 7.05 Å². The van der Waals surface area contributed by atoms with Crippen LogP contribution in [0.15, 0.2) is 5.29 Å². The number of rotatable bonds is 1. The maximum Gasteiger partial charge on any atom is 0.337 e. The Bertz CT molecular complexity index is 95.3. The van der Waals surface area contributed by atoms with Crippen LogP contribution in [0.25, 0.3) is 0 Å². The number of amides is 2. The molecule has 0 atom stereocenters. The fourth-order valence-electron chi connectivity index (χ4n) is 0.0402. The van der Waals surface area contributed by atoms with Crippen LogP contribution >= 0.6 is 0 Å². The Morgan fingerprint density at radius 1 is 1.75 bits per heavy atom. The first-order valence-corrected chi connectivity index (χ1v) is 1.55. The van der Waals surface area contributed by atoms with Crippen LogP contribution in [0.4, 0.5) is 4.79 Å². The molecule has 44 valence electrons. The fraction of sp³-hybridized carbons (Fsp3) is 0.500. The minimum Gasteiger partial charge on any atom is -0.350 e. The van der Waals surface area contributed by atoms with Crippen LogP contribution in [0.5, 0.6) is 0 Å². The number of hydrogen-bond acceptors (Lipinski definition) is 3. The summed E-state index contributed by atoms with van der Waals surface area (Å²) in [6.45, 7) is 0. The molecule has 0 saturated heterocycles. The third-order valence-corrected chi connectivity index (χ3v) is 0.441. The maximum atomic E-state index is 9.78. The average molecular weight is 282 g/mol. The van der Waals surface area contributed by atoms with Crippen molar-refractivity contribution in [2.45, 2.75) is 0 Å². The van der Waals surface area contributed by atoms with E-state index in [9.17, 15) is 9.70 Å². The minimum absolute atomic E-state index is 0. The molecule has 0 radical (unpaired) electrons. The van der Waals surface area contributed by atoms with E-state index < -0.39 is 6.03 Å². The van der Waals surface area contributed by atoms with Crippen LogP contribution in [0, 0.1) is 4.91 Å². The van der Waals surface area contributed by atoms with Gasteiger partial charge in [-0.2, -0.15) is 5.01 Å². The number of nitroso groups, excluding NO2 is 1. The van der Waals surface area contributed by atoms with E-state index in [1.54, 1.807) is 0 Å². The summed E-state index contributed by atoms with van der Waals surface area (Å²) >= 11 is 0. The van der Waals surface area contributed by atoms with Crippen molar-refractivity contribution < 1.29 is 30.6 Å². The van der Waals surface area contributed by atoms with Gasteiger partial charge in [0.25, 0.3) is 0 Å². The predicted octanol–water partition coefficient (Wildman–Crippen LogP) is -0.324. The zero-order chi connectivity index (χ0) is 5.86. The van der Waals surface area contributed by atoms with Gasteiger partial charge >= 0.3 is 6.03 Å². The van der Waals surface area contributed by atoms with Gasteiger partial charge in [0.05, 0.1) is 5.29 Å². The molecule has 0 heterocycles. The molecule has 0 aromatic heterocycles. The number of carbonyl (C=O) groups is 1. The van der Waals surface area contributed by atoms with Crippen molar-refractivity contribution in [2.24, 2.45) is 11.0 Å². The topological polar surface area (TPSA) is 75.8 Å². The number of nitrogens with zero attached hydrogens (tertiary/aromatic N) is 2. The Hall–Kier alpha value is -0.260. The summed E-state index contributed by atoms with van der Waals surface area (Å²) in [5.41, 5.74) is 4.54. The molecule has 0 aromatic carbocycles. The van der Waals surface area contributed by atoms with Gasteiger partial charge in [-0.3, -0.25) is 0 Å². The Balaban J connectivity index is 0. The normalized spacial score (nSPS) is 6.62. The van der Waals surface area contributed by atoms with Crippen LogP contribution in [0.1, 0.15) is 0 Å². The molecule has 0 aromatic rings. The molecule has 0 unspecified atom stereocenters. The molecule has 2 N–H and O–H groups in total. The van der Waals surface area contributed by atoms with Gasteiger partial charge < -0.3 is 5.73 Å². The maximum absolute atomic E-state index is 9.78. The van der Waals surface area contributed by atoms with Crippen molar-refractivity contribution >= 4 is 6.03 Å². The summed E-state index contributed by atoms with van der Waals surface area (Å²) in [5, 5.41) is 2.70. The van der Waals surface area contributed by atoms with Gasteiger partial charge in [-0.15, -0.1) is 4.91 Å². The Morgan fingerprint density at radius 2 is 2.12 bits per heavy atom. The Kier molecular flexibility index (Phi) is 6.52. The van der Waals surface area contributed by atoms with Gasteiger partial charge in [-0.25, -0.2) is 4.79 Å². The average Bonchev–Trinajstić information content (AvgIpc) is 1.65. The second-order valence-electron chi connectivity index (χ2n) is 0.943. The molecule has 0 aliphatic heterocycles. The summed E-state index contributed by atoms with van der Waals surface area (Å²) in [5.74, 6) is 0. The third-order valence-electron chi connectivity index (χ3n) is 0.441. The van der Waals surface area contributed by atoms with E-state index in [2.05, 4.69) is 11.0 Å². The van der Waals surface area contributed by atoms with Gasteiger partial charge in [0.1, 0.15) is 0 Å². The molecule has 0 aliphatic rings. The molecule has 2 amide bonds. The number of nitrogens with two attached hydrogens (primary N) is 1. The zero-order valence-corrected chi connectivity index (χ0v) is 7.88. The summed E-state index contributed by atoms with van der Waals surface area (Å²) in [7, 11) is 1.18. The van der Waals surface area contributed by atoms with Gasteiger partial charge in [0.15, 0.2) is 0 Å². The second-order valence-corrected chi connectivity index (χ2v) is 0.943. The van der Waals surface area contributed by atoms with Gasteiger partial charge in [0, 0.05) is 32.9 Å². The van der Waals surface area contributed by atoms with E-state index in [1.807, 2.05) is 0 Å². The van der Waals surface area contributed by atoms with Crippen LogP contribution in [-0.2, 0) is 25.8 Å². The molecule has 0 fully saturated rings. The summed E-state index contributed by atoms with van der Waals surface area (Å²) < 4.78 is 0. The van der Waals surface area contributed by atoms with Gasteiger partial charge in [-0.1, -0.05) is 0 Å². The SMILES string of the molecule is CN(N=O)C(N)=O.[Hf]. The summed E-state index contributed by atoms with van der Waals surface area (Å²) in [6, 6.07) is -0.852. The van der Waals surface area contributed by atoms with Gasteiger partial charge in [0.2, 0.25) is 0 Å². The third kappa shape index (κ3) is 3.91. The number of primary amides is 1.